The van der Waals surface area contributed by atoms with E-state index in [0.717, 1.165) is 12.1 Å². The molecule has 0 unspecified atom stereocenters. The van der Waals surface area contributed by atoms with Gasteiger partial charge in [-0.3, -0.25) is 4.79 Å². The minimum absolute atomic E-state index is 0.0451. The Balaban J connectivity index is 3.05. The molecule has 0 aliphatic heterocycles. The largest absolute Gasteiger partial charge is 0.325 e. The van der Waals surface area contributed by atoms with Crippen molar-refractivity contribution in [2.24, 2.45) is 5.41 Å². The van der Waals surface area contributed by atoms with Crippen LogP contribution in [0, 0.1) is 17.0 Å². The van der Waals surface area contributed by atoms with E-state index in [1.165, 1.54) is 0 Å². The van der Waals surface area contributed by atoms with E-state index in [9.17, 15) is 13.6 Å². The van der Waals surface area contributed by atoms with Crippen molar-refractivity contribution in [2.45, 2.75) is 40.5 Å². The van der Waals surface area contributed by atoms with E-state index >= 15 is 0 Å². The monoisotopic (exact) mass is 255 g/mol. The lowest BCUT2D eigenvalue weighted by Crippen LogP contribution is -2.27. The predicted molar refractivity (Wildman–Crippen MR) is 68.5 cm³/mol. The van der Waals surface area contributed by atoms with Gasteiger partial charge in [0.2, 0.25) is 5.91 Å². The second-order valence-electron chi connectivity index (χ2n) is 5.71. The van der Waals surface area contributed by atoms with Crippen LogP contribution in [-0.4, -0.2) is 5.91 Å². The third kappa shape index (κ3) is 3.28. The zero-order valence-electron chi connectivity index (χ0n) is 11.4. The molecule has 0 saturated carbocycles. The van der Waals surface area contributed by atoms with Crippen molar-refractivity contribution in [1.29, 1.82) is 0 Å². The Labute approximate surface area is 106 Å². The lowest BCUT2D eigenvalue weighted by molar-refractivity contribution is -0.123. The number of rotatable bonds is 2. The molecular formula is C14H19F2NO. The van der Waals surface area contributed by atoms with Crippen molar-refractivity contribution in [1.82, 2.24) is 0 Å². The Bertz CT molecular complexity index is 438. The average molecular weight is 255 g/mol. The molecule has 4 heteroatoms. The first-order chi connectivity index (χ1) is 8.12. The van der Waals surface area contributed by atoms with Gasteiger partial charge in [0.15, 0.2) is 0 Å². The Morgan fingerprint density at radius 1 is 1.17 bits per heavy atom. The number of hydrogen-bond acceptors (Lipinski definition) is 1. The summed E-state index contributed by atoms with van der Waals surface area (Å²) in [5.74, 6) is -1.78. The summed E-state index contributed by atoms with van der Waals surface area (Å²) in [5, 5.41) is 2.51. The molecule has 0 aliphatic rings. The number of nitrogens with one attached hydrogen (secondary N) is 1. The average Bonchev–Trinajstić information content (AvgIpc) is 2.13. The van der Waals surface area contributed by atoms with E-state index in [1.54, 1.807) is 34.6 Å². The molecule has 18 heavy (non-hydrogen) atoms. The number of carbonyl (C=O) groups is 1. The van der Waals surface area contributed by atoms with Crippen LogP contribution in [0.15, 0.2) is 12.1 Å². The highest BCUT2D eigenvalue weighted by molar-refractivity contribution is 5.94. The summed E-state index contributed by atoms with van der Waals surface area (Å²) in [5.41, 5.74) is -0.415. The van der Waals surface area contributed by atoms with Gasteiger partial charge in [-0.15, -0.1) is 0 Å². The molecular weight excluding hydrogens is 236 g/mol. The van der Waals surface area contributed by atoms with E-state index in [-0.39, 0.29) is 23.1 Å². The summed E-state index contributed by atoms with van der Waals surface area (Å²) in [6.45, 7) is 8.64. The molecule has 100 valence electrons. The first kappa shape index (κ1) is 14.6. The van der Waals surface area contributed by atoms with Crippen molar-refractivity contribution in [3.05, 3.63) is 29.3 Å². The second kappa shape index (κ2) is 5.04. The Hall–Kier alpha value is -1.45. The fourth-order valence-corrected chi connectivity index (χ4v) is 1.53. The molecule has 1 aromatic rings. The molecule has 1 rings (SSSR count). The van der Waals surface area contributed by atoms with E-state index in [0.29, 0.717) is 0 Å². The molecule has 1 N–H and O–H groups in total. The molecule has 0 saturated heterocycles. The van der Waals surface area contributed by atoms with Crippen LogP contribution in [0.2, 0.25) is 0 Å². The minimum Gasteiger partial charge on any atom is -0.325 e. The van der Waals surface area contributed by atoms with Gasteiger partial charge in [0.25, 0.3) is 0 Å². The van der Waals surface area contributed by atoms with E-state index in [2.05, 4.69) is 5.32 Å². The zero-order chi connectivity index (χ0) is 14.1. The number of anilines is 1. The number of amides is 1. The maximum atomic E-state index is 13.7. The van der Waals surface area contributed by atoms with Gasteiger partial charge in [0.1, 0.15) is 11.6 Å². The highest BCUT2D eigenvalue weighted by Gasteiger charge is 2.22. The van der Waals surface area contributed by atoms with Crippen LogP contribution >= 0.6 is 0 Å². The van der Waals surface area contributed by atoms with Gasteiger partial charge >= 0.3 is 0 Å². The molecule has 0 aromatic heterocycles. The molecule has 0 fully saturated rings. The van der Waals surface area contributed by atoms with Crippen molar-refractivity contribution in [2.75, 3.05) is 5.32 Å². The van der Waals surface area contributed by atoms with Crippen LogP contribution in [0.3, 0.4) is 0 Å². The van der Waals surface area contributed by atoms with E-state index in [1.807, 2.05) is 0 Å². The van der Waals surface area contributed by atoms with Gasteiger partial charge in [0, 0.05) is 16.7 Å². The Morgan fingerprint density at radius 3 is 1.94 bits per heavy atom. The molecule has 2 nitrogen and oxygen atoms in total. The maximum Gasteiger partial charge on any atom is 0.229 e. The number of benzene rings is 1. The summed E-state index contributed by atoms with van der Waals surface area (Å²) < 4.78 is 27.4. The van der Waals surface area contributed by atoms with Crippen molar-refractivity contribution in [3.8, 4) is 0 Å². The van der Waals surface area contributed by atoms with Gasteiger partial charge in [-0.1, -0.05) is 34.6 Å². The molecule has 0 spiro atoms. The number of hydrogen-bond donors (Lipinski definition) is 1. The molecule has 1 amide bonds. The summed E-state index contributed by atoms with van der Waals surface area (Å²) >= 11 is 0. The lowest BCUT2D eigenvalue weighted by atomic mass is 9.95. The number of carbonyl (C=O) groups excluding carboxylic acids is 1. The van der Waals surface area contributed by atoms with Crippen LogP contribution in [0.25, 0.3) is 0 Å². The molecule has 0 atom stereocenters. The topological polar surface area (TPSA) is 29.1 Å². The third-order valence-corrected chi connectivity index (χ3v) is 2.60. The van der Waals surface area contributed by atoms with Crippen LogP contribution in [0.5, 0.6) is 0 Å². The summed E-state index contributed by atoms with van der Waals surface area (Å²) in [7, 11) is 0. The summed E-state index contributed by atoms with van der Waals surface area (Å²) in [6, 6.07) is 2.31. The number of halogens is 2. The van der Waals surface area contributed by atoms with Crippen molar-refractivity contribution < 1.29 is 13.6 Å². The first-order valence-electron chi connectivity index (χ1n) is 5.93. The molecule has 0 heterocycles. The molecule has 1 aromatic carbocycles. The van der Waals surface area contributed by atoms with Crippen LogP contribution in [0.4, 0.5) is 14.5 Å². The van der Waals surface area contributed by atoms with Gasteiger partial charge in [-0.2, -0.15) is 0 Å². The van der Waals surface area contributed by atoms with Gasteiger partial charge in [0.05, 0.1) is 0 Å². The van der Waals surface area contributed by atoms with E-state index in [4.69, 9.17) is 0 Å². The highest BCUT2D eigenvalue weighted by Crippen LogP contribution is 2.26. The van der Waals surface area contributed by atoms with Gasteiger partial charge in [-0.05, 0) is 18.1 Å². The SMILES string of the molecule is CC(C)c1c(F)cc(NC(=O)C(C)(C)C)cc1F. The van der Waals surface area contributed by atoms with Crippen LogP contribution in [-0.2, 0) is 4.79 Å². The normalized spacial score (nSPS) is 11.8. The maximum absolute atomic E-state index is 13.7. The fraction of sp³-hybridized carbons (Fsp3) is 0.500. The van der Waals surface area contributed by atoms with Crippen LogP contribution < -0.4 is 5.32 Å². The second-order valence-corrected chi connectivity index (χ2v) is 5.71. The van der Waals surface area contributed by atoms with Crippen molar-refractivity contribution >= 4 is 11.6 Å². The summed E-state index contributed by atoms with van der Waals surface area (Å²) in [4.78, 5) is 11.7. The molecule has 0 bridgehead atoms. The Morgan fingerprint density at radius 2 is 1.61 bits per heavy atom. The standard InChI is InChI=1S/C14H19F2NO/c1-8(2)12-10(15)6-9(7-11(12)16)17-13(18)14(3,4)5/h6-8H,1-5H3,(H,17,18). The third-order valence-electron chi connectivity index (χ3n) is 2.60. The highest BCUT2D eigenvalue weighted by atomic mass is 19.1. The van der Waals surface area contributed by atoms with Gasteiger partial charge in [-0.25, -0.2) is 8.78 Å². The predicted octanol–water partition coefficient (Wildman–Crippen LogP) is 4.07. The summed E-state index contributed by atoms with van der Waals surface area (Å²) in [6.07, 6.45) is 0. The van der Waals surface area contributed by atoms with E-state index < -0.39 is 17.0 Å². The smallest absolute Gasteiger partial charge is 0.229 e. The first-order valence-corrected chi connectivity index (χ1v) is 5.93. The zero-order valence-corrected chi connectivity index (χ0v) is 11.4. The quantitative estimate of drug-likeness (QED) is 0.847. The lowest BCUT2D eigenvalue weighted by Gasteiger charge is -2.18. The van der Waals surface area contributed by atoms with Crippen molar-refractivity contribution in [3.63, 3.8) is 0 Å². The van der Waals surface area contributed by atoms with Crippen LogP contribution in [0.1, 0.15) is 46.1 Å². The Kier molecular flexibility index (Phi) is 4.09. The van der Waals surface area contributed by atoms with Gasteiger partial charge < -0.3 is 5.32 Å². The minimum atomic E-state index is -0.630. The fourth-order valence-electron chi connectivity index (χ4n) is 1.53. The molecule has 0 radical (unpaired) electrons. The molecule has 0 aliphatic carbocycles.